The van der Waals surface area contributed by atoms with Crippen molar-refractivity contribution < 1.29 is 24.1 Å². The molecule has 1 aromatic rings. The minimum Gasteiger partial charge on any atom is -0.497 e. The second-order valence-corrected chi connectivity index (χ2v) is 8.62. The number of carbonyl (C=O) groups excluding carboxylic acids is 1. The van der Waals surface area contributed by atoms with Crippen LogP contribution in [0.2, 0.25) is 0 Å². The summed E-state index contributed by atoms with van der Waals surface area (Å²) in [7, 11) is 1.61. The van der Waals surface area contributed by atoms with Gasteiger partial charge in [-0.25, -0.2) is 0 Å². The van der Waals surface area contributed by atoms with Crippen LogP contribution in [0, 0.1) is 5.92 Å². The van der Waals surface area contributed by atoms with Crippen LogP contribution in [0.3, 0.4) is 0 Å². The Morgan fingerprint density at radius 3 is 2.57 bits per heavy atom. The minimum absolute atomic E-state index is 0.00237. The van der Waals surface area contributed by atoms with E-state index in [1.165, 1.54) is 0 Å². The van der Waals surface area contributed by atoms with E-state index in [1.54, 1.807) is 31.4 Å². The predicted octanol–water partition coefficient (Wildman–Crippen LogP) is 2.28. The van der Waals surface area contributed by atoms with Crippen LogP contribution in [-0.2, 0) is 9.47 Å². The zero-order chi connectivity index (χ0) is 22.1. The lowest BCUT2D eigenvalue weighted by Crippen LogP contribution is -2.51. The third-order valence-electron chi connectivity index (χ3n) is 4.95. The number of methoxy groups -OCH3 is 1. The Labute approximate surface area is 180 Å². The highest BCUT2D eigenvalue weighted by molar-refractivity contribution is 5.94. The summed E-state index contributed by atoms with van der Waals surface area (Å²) in [5, 5.41) is 10.2. The molecule has 0 aliphatic carbocycles. The van der Waals surface area contributed by atoms with Crippen molar-refractivity contribution in [2.45, 2.75) is 46.0 Å². The average Bonchev–Trinajstić information content (AvgIpc) is 2.71. The molecule has 1 aromatic carbocycles. The molecule has 1 heterocycles. The first-order valence-corrected chi connectivity index (χ1v) is 10.9. The van der Waals surface area contributed by atoms with Gasteiger partial charge in [0, 0.05) is 38.3 Å². The number of hydrogen-bond acceptors (Lipinski definition) is 6. The first-order chi connectivity index (χ1) is 14.3. The van der Waals surface area contributed by atoms with Crippen LogP contribution in [0.4, 0.5) is 0 Å². The Bertz CT molecular complexity index is 635. The first-order valence-electron chi connectivity index (χ1n) is 10.9. The van der Waals surface area contributed by atoms with E-state index < -0.39 is 6.10 Å². The van der Waals surface area contributed by atoms with Crippen molar-refractivity contribution in [2.75, 3.05) is 53.0 Å². The van der Waals surface area contributed by atoms with Crippen LogP contribution in [0.15, 0.2) is 24.3 Å². The number of morpholine rings is 1. The largest absolute Gasteiger partial charge is 0.497 e. The van der Waals surface area contributed by atoms with Crippen molar-refractivity contribution in [1.29, 1.82) is 0 Å². The molecule has 0 spiro atoms. The normalized spacial score (nSPS) is 18.6. The molecule has 1 aliphatic heterocycles. The highest BCUT2D eigenvalue weighted by atomic mass is 16.5. The second kappa shape index (κ2) is 12.2. The third kappa shape index (κ3) is 8.22. The van der Waals surface area contributed by atoms with Gasteiger partial charge in [-0.05, 0) is 44.0 Å². The molecule has 1 saturated heterocycles. The molecule has 30 heavy (non-hydrogen) atoms. The van der Waals surface area contributed by atoms with Crippen molar-refractivity contribution in [2.24, 2.45) is 5.92 Å². The van der Waals surface area contributed by atoms with Gasteiger partial charge in [-0.2, -0.15) is 0 Å². The molecule has 2 unspecified atom stereocenters. The maximum atomic E-state index is 13.1. The summed E-state index contributed by atoms with van der Waals surface area (Å²) in [5.74, 6) is 1.08. The maximum Gasteiger partial charge on any atom is 0.253 e. The lowest BCUT2D eigenvalue weighted by molar-refractivity contribution is -0.0631. The Kier molecular flexibility index (Phi) is 10.0. The molecule has 0 radical (unpaired) electrons. The topological polar surface area (TPSA) is 71.5 Å². The van der Waals surface area contributed by atoms with E-state index in [9.17, 15) is 9.90 Å². The molecular weight excluding hydrogens is 384 g/mol. The number of rotatable bonds is 11. The standard InChI is InChI=1S/C23H38N2O5/c1-17(2)12-25(23(27)19-6-8-21(28-5)9-7-19)15-22-14-24(10-11-29-22)13-20(26)16-30-18(3)4/h6-9,17-18,20,22,26H,10-16H2,1-5H3. The molecule has 1 amide bonds. The van der Waals surface area contributed by atoms with Crippen LogP contribution in [0.1, 0.15) is 38.1 Å². The zero-order valence-electron chi connectivity index (χ0n) is 19.0. The fourth-order valence-corrected chi connectivity index (χ4v) is 3.55. The van der Waals surface area contributed by atoms with Crippen LogP contribution in [0.25, 0.3) is 0 Å². The number of aliphatic hydroxyl groups is 1. The molecule has 2 rings (SSSR count). The van der Waals surface area contributed by atoms with Gasteiger partial charge < -0.3 is 24.2 Å². The quantitative estimate of drug-likeness (QED) is 0.590. The molecule has 0 bridgehead atoms. The van der Waals surface area contributed by atoms with Crippen LogP contribution in [0.5, 0.6) is 5.75 Å². The molecule has 7 heteroatoms. The summed E-state index contributed by atoms with van der Waals surface area (Å²) < 4.78 is 16.7. The molecule has 1 aliphatic rings. The fraction of sp³-hybridized carbons (Fsp3) is 0.696. The number of carbonyl (C=O) groups is 1. The van der Waals surface area contributed by atoms with Gasteiger partial charge in [0.2, 0.25) is 0 Å². The van der Waals surface area contributed by atoms with E-state index in [-0.39, 0.29) is 18.1 Å². The van der Waals surface area contributed by atoms with Crippen molar-refractivity contribution in [3.63, 3.8) is 0 Å². The molecule has 0 saturated carbocycles. The molecule has 7 nitrogen and oxygen atoms in total. The number of amides is 1. The molecular formula is C23H38N2O5. The van der Waals surface area contributed by atoms with Gasteiger partial charge in [-0.15, -0.1) is 0 Å². The zero-order valence-corrected chi connectivity index (χ0v) is 19.0. The lowest BCUT2D eigenvalue weighted by Gasteiger charge is -2.37. The number of benzene rings is 1. The van der Waals surface area contributed by atoms with E-state index in [4.69, 9.17) is 14.2 Å². The number of nitrogens with zero attached hydrogens (tertiary/aromatic N) is 2. The van der Waals surface area contributed by atoms with Gasteiger partial charge in [0.15, 0.2) is 0 Å². The van der Waals surface area contributed by atoms with Gasteiger partial charge in [0.1, 0.15) is 5.75 Å². The Morgan fingerprint density at radius 1 is 1.27 bits per heavy atom. The van der Waals surface area contributed by atoms with E-state index in [0.717, 1.165) is 12.3 Å². The van der Waals surface area contributed by atoms with Crippen molar-refractivity contribution in [1.82, 2.24) is 9.80 Å². The molecule has 170 valence electrons. The SMILES string of the molecule is COc1ccc(C(=O)N(CC(C)C)CC2CN(CC(O)COC(C)C)CCO2)cc1. The van der Waals surface area contributed by atoms with E-state index in [2.05, 4.69) is 18.7 Å². The summed E-state index contributed by atoms with van der Waals surface area (Å²) in [5.41, 5.74) is 0.644. The molecule has 0 aromatic heterocycles. The highest BCUT2D eigenvalue weighted by Crippen LogP contribution is 2.16. The molecule has 1 fully saturated rings. The van der Waals surface area contributed by atoms with Gasteiger partial charge in [0.05, 0.1) is 38.6 Å². The van der Waals surface area contributed by atoms with Gasteiger partial charge in [-0.1, -0.05) is 13.8 Å². The van der Waals surface area contributed by atoms with Crippen LogP contribution >= 0.6 is 0 Å². The van der Waals surface area contributed by atoms with Crippen LogP contribution in [-0.4, -0.2) is 92.2 Å². The first kappa shape index (κ1) is 24.6. The predicted molar refractivity (Wildman–Crippen MR) is 117 cm³/mol. The summed E-state index contributed by atoms with van der Waals surface area (Å²) in [6, 6.07) is 7.21. The summed E-state index contributed by atoms with van der Waals surface area (Å²) in [6.07, 6.45) is -0.512. The monoisotopic (exact) mass is 422 g/mol. The van der Waals surface area contributed by atoms with Gasteiger partial charge in [0.25, 0.3) is 5.91 Å². The summed E-state index contributed by atoms with van der Waals surface area (Å²) in [6.45, 7) is 12.2. The lowest BCUT2D eigenvalue weighted by atomic mass is 10.1. The Hall–Kier alpha value is -1.67. The number of β-amino-alcohol motifs (C(OH)–C–C–N with tert-alkyl or cyclic N) is 1. The second-order valence-electron chi connectivity index (χ2n) is 8.62. The minimum atomic E-state index is -0.529. The van der Waals surface area contributed by atoms with E-state index >= 15 is 0 Å². The van der Waals surface area contributed by atoms with Crippen molar-refractivity contribution >= 4 is 5.91 Å². The smallest absolute Gasteiger partial charge is 0.253 e. The van der Waals surface area contributed by atoms with Gasteiger partial charge >= 0.3 is 0 Å². The van der Waals surface area contributed by atoms with Crippen LogP contribution < -0.4 is 4.74 Å². The average molecular weight is 423 g/mol. The Balaban J connectivity index is 1.96. The number of hydrogen-bond donors (Lipinski definition) is 1. The van der Waals surface area contributed by atoms with E-state index in [0.29, 0.717) is 50.9 Å². The maximum absolute atomic E-state index is 13.1. The van der Waals surface area contributed by atoms with Crippen molar-refractivity contribution in [3.8, 4) is 5.75 Å². The summed E-state index contributed by atoms with van der Waals surface area (Å²) in [4.78, 5) is 17.2. The molecule has 2 atom stereocenters. The number of aliphatic hydroxyl groups excluding tert-OH is 1. The number of ether oxygens (including phenoxy) is 3. The third-order valence-corrected chi connectivity index (χ3v) is 4.95. The highest BCUT2D eigenvalue weighted by Gasteiger charge is 2.27. The fourth-order valence-electron chi connectivity index (χ4n) is 3.55. The van der Waals surface area contributed by atoms with Gasteiger partial charge in [-0.3, -0.25) is 9.69 Å². The van der Waals surface area contributed by atoms with E-state index in [1.807, 2.05) is 18.7 Å². The van der Waals surface area contributed by atoms with Crippen molar-refractivity contribution in [3.05, 3.63) is 29.8 Å². The summed E-state index contributed by atoms with van der Waals surface area (Å²) >= 11 is 0. The Morgan fingerprint density at radius 2 is 1.97 bits per heavy atom. The molecule has 1 N–H and O–H groups in total.